The minimum absolute atomic E-state index is 0.246. The summed E-state index contributed by atoms with van der Waals surface area (Å²) in [5.74, 6) is 0. The molecule has 1 saturated heterocycles. The maximum absolute atomic E-state index is 5.37. The highest BCUT2D eigenvalue weighted by atomic mass is 32.1. The summed E-state index contributed by atoms with van der Waals surface area (Å²) in [6.45, 7) is 7.02. The number of aryl methyl sites for hydroxylation is 1. The van der Waals surface area contributed by atoms with E-state index in [2.05, 4.69) is 17.2 Å². The number of hydrogen-bond donors (Lipinski definition) is 1. The Morgan fingerprint density at radius 3 is 2.87 bits per heavy atom. The van der Waals surface area contributed by atoms with E-state index in [1.807, 2.05) is 13.1 Å². The third kappa shape index (κ3) is 3.00. The topological polar surface area (TPSA) is 34.2 Å². The second kappa shape index (κ2) is 4.60. The van der Waals surface area contributed by atoms with Gasteiger partial charge in [-0.1, -0.05) is 0 Å². The van der Waals surface area contributed by atoms with Crippen LogP contribution in [-0.2, 0) is 11.3 Å². The largest absolute Gasteiger partial charge is 0.381 e. The molecule has 0 unspecified atom stereocenters. The van der Waals surface area contributed by atoms with Gasteiger partial charge in [0.05, 0.1) is 5.01 Å². The summed E-state index contributed by atoms with van der Waals surface area (Å²) in [4.78, 5) is 5.58. The SMILES string of the molecule is Cc1ncc(CNC2(C)CCOCC2)s1. The Kier molecular flexibility index (Phi) is 3.38. The first-order chi connectivity index (χ1) is 7.18. The number of nitrogens with one attached hydrogen (secondary N) is 1. The van der Waals surface area contributed by atoms with Gasteiger partial charge >= 0.3 is 0 Å². The first kappa shape index (κ1) is 11.0. The molecule has 0 aromatic carbocycles. The molecule has 3 nitrogen and oxygen atoms in total. The molecule has 2 rings (SSSR count). The molecule has 1 N–H and O–H groups in total. The molecule has 4 heteroatoms. The van der Waals surface area contributed by atoms with E-state index in [4.69, 9.17) is 4.74 Å². The molecule has 1 aliphatic rings. The van der Waals surface area contributed by atoms with E-state index in [1.54, 1.807) is 11.3 Å². The van der Waals surface area contributed by atoms with Gasteiger partial charge in [-0.3, -0.25) is 0 Å². The molecule has 1 fully saturated rings. The zero-order chi connectivity index (χ0) is 10.7. The van der Waals surface area contributed by atoms with Gasteiger partial charge in [0, 0.05) is 36.4 Å². The molecule has 84 valence electrons. The molecule has 0 amide bonds. The van der Waals surface area contributed by atoms with Crippen molar-refractivity contribution in [3.05, 3.63) is 16.1 Å². The third-order valence-electron chi connectivity index (χ3n) is 2.95. The lowest BCUT2D eigenvalue weighted by atomic mass is 9.92. The molecule has 1 aliphatic heterocycles. The van der Waals surface area contributed by atoms with Gasteiger partial charge in [-0.05, 0) is 26.7 Å². The second-order valence-electron chi connectivity index (χ2n) is 4.37. The summed E-state index contributed by atoms with van der Waals surface area (Å²) < 4.78 is 5.37. The lowest BCUT2D eigenvalue weighted by Gasteiger charge is -2.34. The smallest absolute Gasteiger partial charge is 0.0897 e. The molecule has 0 aliphatic carbocycles. The van der Waals surface area contributed by atoms with Crippen LogP contribution in [0.25, 0.3) is 0 Å². The highest BCUT2D eigenvalue weighted by Crippen LogP contribution is 2.21. The van der Waals surface area contributed by atoms with Gasteiger partial charge in [0.2, 0.25) is 0 Å². The van der Waals surface area contributed by atoms with E-state index in [-0.39, 0.29) is 5.54 Å². The highest BCUT2D eigenvalue weighted by molar-refractivity contribution is 7.11. The Bertz CT molecular complexity index is 318. The first-order valence-corrected chi connectivity index (χ1v) is 6.24. The fourth-order valence-electron chi connectivity index (χ4n) is 1.79. The second-order valence-corrected chi connectivity index (χ2v) is 5.69. The minimum Gasteiger partial charge on any atom is -0.381 e. The Labute approximate surface area is 94.9 Å². The van der Waals surface area contributed by atoms with Crippen LogP contribution in [-0.4, -0.2) is 23.7 Å². The predicted molar refractivity (Wildman–Crippen MR) is 62.1 cm³/mol. The Hall–Kier alpha value is -0.450. The van der Waals surface area contributed by atoms with E-state index in [1.165, 1.54) is 4.88 Å². The number of thiazole rings is 1. The molecule has 0 spiro atoms. The number of nitrogens with zero attached hydrogens (tertiary/aromatic N) is 1. The fourth-order valence-corrected chi connectivity index (χ4v) is 2.52. The number of aromatic nitrogens is 1. The van der Waals surface area contributed by atoms with Crippen LogP contribution in [0.15, 0.2) is 6.20 Å². The minimum atomic E-state index is 0.246. The highest BCUT2D eigenvalue weighted by Gasteiger charge is 2.26. The van der Waals surface area contributed by atoms with E-state index in [9.17, 15) is 0 Å². The molecule has 0 atom stereocenters. The summed E-state index contributed by atoms with van der Waals surface area (Å²) in [6, 6.07) is 0. The molecular formula is C11H18N2OS. The van der Waals surface area contributed by atoms with Crippen LogP contribution in [0, 0.1) is 6.92 Å². The van der Waals surface area contributed by atoms with Crippen LogP contribution >= 0.6 is 11.3 Å². The third-order valence-corrected chi connectivity index (χ3v) is 3.87. The molecule has 2 heterocycles. The first-order valence-electron chi connectivity index (χ1n) is 5.42. The molecular weight excluding hydrogens is 208 g/mol. The summed E-state index contributed by atoms with van der Waals surface area (Å²) in [6.07, 6.45) is 4.17. The number of rotatable bonds is 3. The summed E-state index contributed by atoms with van der Waals surface area (Å²) in [5, 5.41) is 4.76. The Morgan fingerprint density at radius 1 is 1.53 bits per heavy atom. The summed E-state index contributed by atoms with van der Waals surface area (Å²) >= 11 is 1.77. The molecule has 0 saturated carbocycles. The van der Waals surface area contributed by atoms with Crippen molar-refractivity contribution in [1.29, 1.82) is 0 Å². The van der Waals surface area contributed by atoms with Crippen molar-refractivity contribution in [1.82, 2.24) is 10.3 Å². The van der Waals surface area contributed by atoms with Crippen LogP contribution in [0.5, 0.6) is 0 Å². The average molecular weight is 226 g/mol. The van der Waals surface area contributed by atoms with Gasteiger partial charge in [0.25, 0.3) is 0 Å². The van der Waals surface area contributed by atoms with Crippen LogP contribution in [0.4, 0.5) is 0 Å². The summed E-state index contributed by atoms with van der Waals surface area (Å²) in [5.41, 5.74) is 0.246. The van der Waals surface area contributed by atoms with Gasteiger partial charge in [-0.15, -0.1) is 11.3 Å². The lowest BCUT2D eigenvalue weighted by molar-refractivity contribution is 0.0447. The zero-order valence-corrected chi connectivity index (χ0v) is 10.2. The predicted octanol–water partition coefficient (Wildman–Crippen LogP) is 2.11. The average Bonchev–Trinajstić information content (AvgIpc) is 2.63. The van der Waals surface area contributed by atoms with Gasteiger partial charge in [0.15, 0.2) is 0 Å². The summed E-state index contributed by atoms with van der Waals surface area (Å²) in [7, 11) is 0. The number of ether oxygens (including phenoxy) is 1. The standard InChI is InChI=1S/C11H18N2OS/c1-9-12-7-10(15-9)8-13-11(2)3-5-14-6-4-11/h7,13H,3-6,8H2,1-2H3. The van der Waals surface area contributed by atoms with Crippen LogP contribution in [0.2, 0.25) is 0 Å². The van der Waals surface area contributed by atoms with Gasteiger partial charge in [-0.2, -0.15) is 0 Å². The molecule has 0 radical (unpaired) electrons. The van der Waals surface area contributed by atoms with Crippen molar-refractivity contribution in [3.63, 3.8) is 0 Å². The monoisotopic (exact) mass is 226 g/mol. The quantitative estimate of drug-likeness (QED) is 0.857. The van der Waals surface area contributed by atoms with Crippen molar-refractivity contribution in [2.75, 3.05) is 13.2 Å². The van der Waals surface area contributed by atoms with Crippen molar-refractivity contribution in [3.8, 4) is 0 Å². The van der Waals surface area contributed by atoms with E-state index >= 15 is 0 Å². The maximum Gasteiger partial charge on any atom is 0.0897 e. The lowest BCUT2D eigenvalue weighted by Crippen LogP contribution is -2.46. The molecule has 1 aromatic rings. The normalized spacial score (nSPS) is 20.4. The van der Waals surface area contributed by atoms with Crippen LogP contribution in [0.3, 0.4) is 0 Å². The number of hydrogen-bond acceptors (Lipinski definition) is 4. The van der Waals surface area contributed by atoms with Crippen LogP contribution in [0.1, 0.15) is 29.7 Å². The molecule has 0 bridgehead atoms. The van der Waals surface area contributed by atoms with Gasteiger partial charge in [0.1, 0.15) is 0 Å². The van der Waals surface area contributed by atoms with Crippen molar-refractivity contribution in [2.24, 2.45) is 0 Å². The van der Waals surface area contributed by atoms with E-state index in [0.29, 0.717) is 0 Å². The van der Waals surface area contributed by atoms with Crippen molar-refractivity contribution < 1.29 is 4.74 Å². The Balaban J connectivity index is 1.86. The molecule has 1 aromatic heterocycles. The molecule has 15 heavy (non-hydrogen) atoms. The Morgan fingerprint density at radius 2 is 2.27 bits per heavy atom. The van der Waals surface area contributed by atoms with Crippen LogP contribution < -0.4 is 5.32 Å². The van der Waals surface area contributed by atoms with E-state index in [0.717, 1.165) is 37.6 Å². The van der Waals surface area contributed by atoms with E-state index < -0.39 is 0 Å². The zero-order valence-electron chi connectivity index (χ0n) is 9.38. The van der Waals surface area contributed by atoms with Gasteiger partial charge in [-0.25, -0.2) is 4.98 Å². The maximum atomic E-state index is 5.37. The van der Waals surface area contributed by atoms with Crippen molar-refractivity contribution >= 4 is 11.3 Å². The van der Waals surface area contributed by atoms with Gasteiger partial charge < -0.3 is 10.1 Å². The van der Waals surface area contributed by atoms with Crippen molar-refractivity contribution in [2.45, 2.75) is 38.8 Å². The fraction of sp³-hybridized carbons (Fsp3) is 0.727.